The summed E-state index contributed by atoms with van der Waals surface area (Å²) in [5, 5.41) is 10.9. The molecule has 0 fully saturated rings. The van der Waals surface area contributed by atoms with E-state index < -0.39 is 5.97 Å². The summed E-state index contributed by atoms with van der Waals surface area (Å²) in [5.41, 5.74) is 0.117. The van der Waals surface area contributed by atoms with E-state index in [-0.39, 0.29) is 30.0 Å². The van der Waals surface area contributed by atoms with Gasteiger partial charge in [0.15, 0.2) is 0 Å². The Labute approximate surface area is 112 Å². The fraction of sp³-hybridized carbons (Fsp3) is 0.154. The monoisotopic (exact) mass is 272 g/mol. The number of benzene rings is 1. The normalized spacial score (nSPS) is 13.3. The van der Waals surface area contributed by atoms with Crippen LogP contribution < -0.4 is 21.1 Å². The number of aromatic carboxylic acids is 1. The molecule has 0 saturated heterocycles. The topological polar surface area (TPSA) is 87.4 Å². The predicted molar refractivity (Wildman–Crippen MR) is 68.2 cm³/mol. The molecule has 2 aromatic rings. The Bertz CT molecular complexity index is 767. The molecule has 20 heavy (non-hydrogen) atoms. The lowest BCUT2D eigenvalue weighted by Gasteiger charge is -2.16. The fourth-order valence-electron chi connectivity index (χ4n) is 2.21. The molecule has 1 aliphatic rings. The Morgan fingerprint density at radius 1 is 1.00 bits per heavy atom. The van der Waals surface area contributed by atoms with Gasteiger partial charge in [0.2, 0.25) is 0 Å². The second kappa shape index (κ2) is 4.37. The first-order valence-electron chi connectivity index (χ1n) is 5.93. The molecule has 3 rings (SSSR count). The quantitative estimate of drug-likeness (QED) is 0.686. The fourth-order valence-corrected chi connectivity index (χ4v) is 2.21. The minimum absolute atomic E-state index is 0.0538. The number of fused-ring (bicyclic) bond motifs is 1. The third-order valence-electron chi connectivity index (χ3n) is 3.23. The predicted octanol–water partition coefficient (Wildman–Crippen LogP) is -1.19. The molecule has 0 spiro atoms. The summed E-state index contributed by atoms with van der Waals surface area (Å²) >= 11 is 0. The average Bonchev–Trinajstić information content (AvgIpc) is 2.89. The smallest absolute Gasteiger partial charge is 0.267 e. The van der Waals surface area contributed by atoms with Crippen molar-refractivity contribution in [1.29, 1.82) is 0 Å². The van der Waals surface area contributed by atoms with Crippen LogP contribution in [0.2, 0.25) is 0 Å². The van der Waals surface area contributed by atoms with E-state index in [2.05, 4.69) is 0 Å². The molecule has 0 bridgehead atoms. The molecule has 1 aromatic heterocycles. The van der Waals surface area contributed by atoms with Gasteiger partial charge in [-0.15, -0.1) is 0 Å². The van der Waals surface area contributed by atoms with E-state index in [1.807, 2.05) is 0 Å². The molecule has 1 aromatic carbocycles. The van der Waals surface area contributed by atoms with Crippen LogP contribution >= 0.6 is 0 Å². The van der Waals surface area contributed by atoms with Crippen molar-refractivity contribution in [3.8, 4) is 0 Å². The second-order valence-corrected chi connectivity index (χ2v) is 4.47. The van der Waals surface area contributed by atoms with Crippen LogP contribution in [-0.2, 0) is 13.3 Å². The maximum absolute atomic E-state index is 11.7. The van der Waals surface area contributed by atoms with E-state index >= 15 is 0 Å². The SMILES string of the molecule is O=C([O-])c1cccc(N2Cn3c(=O)ccc(=O)n3C2)c1. The molecule has 0 amide bonds. The summed E-state index contributed by atoms with van der Waals surface area (Å²) in [6.07, 6.45) is 0. The van der Waals surface area contributed by atoms with Crippen molar-refractivity contribution in [3.05, 3.63) is 62.7 Å². The van der Waals surface area contributed by atoms with Gasteiger partial charge in [0, 0.05) is 17.8 Å². The van der Waals surface area contributed by atoms with Crippen LogP contribution in [0.4, 0.5) is 5.69 Å². The lowest BCUT2D eigenvalue weighted by Crippen LogP contribution is -2.32. The Morgan fingerprint density at radius 3 is 2.15 bits per heavy atom. The lowest BCUT2D eigenvalue weighted by molar-refractivity contribution is -0.255. The molecule has 1 aliphatic heterocycles. The summed E-state index contributed by atoms with van der Waals surface area (Å²) < 4.78 is 2.63. The highest BCUT2D eigenvalue weighted by molar-refractivity contribution is 5.87. The van der Waals surface area contributed by atoms with E-state index in [1.165, 1.54) is 33.6 Å². The van der Waals surface area contributed by atoms with Crippen LogP contribution in [0, 0.1) is 0 Å². The number of carboxylic acid groups (broad SMARTS) is 1. The second-order valence-electron chi connectivity index (χ2n) is 4.47. The number of hydrogen-bond acceptors (Lipinski definition) is 5. The summed E-state index contributed by atoms with van der Waals surface area (Å²) in [6, 6.07) is 8.64. The molecule has 0 N–H and O–H groups in total. The van der Waals surface area contributed by atoms with E-state index in [1.54, 1.807) is 17.0 Å². The van der Waals surface area contributed by atoms with Crippen molar-refractivity contribution >= 4 is 11.7 Å². The average molecular weight is 272 g/mol. The number of carbonyl (C=O) groups is 1. The summed E-state index contributed by atoms with van der Waals surface area (Å²) in [7, 11) is 0. The van der Waals surface area contributed by atoms with Crippen LogP contribution in [0.1, 0.15) is 10.4 Å². The number of carbonyl (C=O) groups excluding carboxylic acids is 1. The van der Waals surface area contributed by atoms with Gasteiger partial charge in [-0.2, -0.15) is 0 Å². The minimum Gasteiger partial charge on any atom is -0.545 e. The van der Waals surface area contributed by atoms with Gasteiger partial charge in [-0.05, 0) is 17.7 Å². The highest BCUT2D eigenvalue weighted by Gasteiger charge is 2.20. The number of hydrogen-bond donors (Lipinski definition) is 0. The first-order valence-corrected chi connectivity index (χ1v) is 5.93. The highest BCUT2D eigenvalue weighted by atomic mass is 16.4. The van der Waals surface area contributed by atoms with Gasteiger partial charge in [0.05, 0.1) is 5.97 Å². The van der Waals surface area contributed by atoms with Crippen LogP contribution in [0.15, 0.2) is 46.0 Å². The molecule has 102 valence electrons. The van der Waals surface area contributed by atoms with Gasteiger partial charge in [0.1, 0.15) is 13.3 Å². The van der Waals surface area contributed by atoms with E-state index in [9.17, 15) is 19.5 Å². The number of rotatable bonds is 2. The molecule has 2 heterocycles. The Kier molecular flexibility index (Phi) is 2.67. The zero-order valence-electron chi connectivity index (χ0n) is 10.4. The maximum Gasteiger partial charge on any atom is 0.267 e. The first kappa shape index (κ1) is 12.2. The molecule has 0 radical (unpaired) electrons. The van der Waals surface area contributed by atoms with Crippen molar-refractivity contribution in [1.82, 2.24) is 9.36 Å². The van der Waals surface area contributed by atoms with Crippen LogP contribution in [0.5, 0.6) is 0 Å². The number of carboxylic acids is 1. The van der Waals surface area contributed by atoms with Gasteiger partial charge >= 0.3 is 0 Å². The Balaban J connectivity index is 2.00. The first-order chi connectivity index (χ1) is 9.56. The molecule has 0 saturated carbocycles. The van der Waals surface area contributed by atoms with Crippen LogP contribution in [0.25, 0.3) is 0 Å². The van der Waals surface area contributed by atoms with Crippen LogP contribution in [0.3, 0.4) is 0 Å². The van der Waals surface area contributed by atoms with Crippen molar-refractivity contribution in [3.63, 3.8) is 0 Å². The summed E-state index contributed by atoms with van der Waals surface area (Å²) in [6.45, 7) is 0.400. The van der Waals surface area contributed by atoms with E-state index in [0.717, 1.165) is 0 Å². The van der Waals surface area contributed by atoms with Gasteiger partial charge < -0.3 is 14.8 Å². The molecule has 7 heteroatoms. The summed E-state index contributed by atoms with van der Waals surface area (Å²) in [5.74, 6) is -1.27. The Hall–Kier alpha value is -2.83. The molecular weight excluding hydrogens is 262 g/mol. The third-order valence-corrected chi connectivity index (χ3v) is 3.23. The highest BCUT2D eigenvalue weighted by Crippen LogP contribution is 2.19. The molecule has 0 atom stereocenters. The van der Waals surface area contributed by atoms with Crippen molar-refractivity contribution < 1.29 is 9.90 Å². The molecule has 0 unspecified atom stereocenters. The number of anilines is 1. The van der Waals surface area contributed by atoms with Gasteiger partial charge in [-0.1, -0.05) is 12.1 Å². The zero-order chi connectivity index (χ0) is 14.3. The Morgan fingerprint density at radius 2 is 1.60 bits per heavy atom. The van der Waals surface area contributed by atoms with Crippen molar-refractivity contribution in [2.45, 2.75) is 13.3 Å². The minimum atomic E-state index is -1.27. The van der Waals surface area contributed by atoms with E-state index in [4.69, 9.17) is 0 Å². The molecule has 7 nitrogen and oxygen atoms in total. The number of nitrogens with zero attached hydrogens (tertiary/aromatic N) is 3. The zero-order valence-corrected chi connectivity index (χ0v) is 10.4. The molecular formula is C13H10N3O4-. The van der Waals surface area contributed by atoms with Crippen LogP contribution in [-0.4, -0.2) is 15.3 Å². The third kappa shape index (κ3) is 1.89. The van der Waals surface area contributed by atoms with Gasteiger partial charge in [-0.25, -0.2) is 9.36 Å². The lowest BCUT2D eigenvalue weighted by atomic mass is 10.2. The largest absolute Gasteiger partial charge is 0.545 e. The van der Waals surface area contributed by atoms with Gasteiger partial charge in [-0.3, -0.25) is 9.59 Å². The summed E-state index contributed by atoms with van der Waals surface area (Å²) in [4.78, 5) is 36.0. The number of aromatic nitrogens is 2. The van der Waals surface area contributed by atoms with Crippen molar-refractivity contribution in [2.75, 3.05) is 4.90 Å². The van der Waals surface area contributed by atoms with Gasteiger partial charge in [0.25, 0.3) is 11.1 Å². The maximum atomic E-state index is 11.7. The van der Waals surface area contributed by atoms with E-state index in [0.29, 0.717) is 5.69 Å². The standard InChI is InChI=1S/C13H11N3O4/c17-11-4-5-12(18)16-8-14(7-15(11)16)10-3-1-2-9(6-10)13(19)20/h1-6H,7-8H2,(H,19,20)/p-1. The molecule has 0 aliphatic carbocycles. The van der Waals surface area contributed by atoms with Crippen molar-refractivity contribution in [2.24, 2.45) is 0 Å².